The second kappa shape index (κ2) is 11.6. The van der Waals surface area contributed by atoms with Gasteiger partial charge in [-0.1, -0.05) is 44.8 Å². The average molecular weight is 635 g/mol. The Bertz CT molecular complexity index is 1360. The molecule has 2 aromatic rings. The lowest BCUT2D eigenvalue weighted by Gasteiger charge is -2.29. The van der Waals surface area contributed by atoms with Crippen molar-refractivity contribution in [2.24, 2.45) is 5.16 Å². The van der Waals surface area contributed by atoms with Crippen LogP contribution in [-0.4, -0.2) is 50.9 Å². The maximum absolute atomic E-state index is 14.3. The minimum Gasteiger partial charge on any atom is -0.560 e. The van der Waals surface area contributed by atoms with Crippen LogP contribution in [0.2, 0.25) is 10.0 Å². The molecule has 2 heterocycles. The van der Waals surface area contributed by atoms with E-state index in [1.807, 2.05) is 0 Å². The number of ether oxygens (including phenoxy) is 1. The minimum atomic E-state index is -4.83. The lowest BCUT2D eigenvalue weighted by Crippen LogP contribution is -2.42. The van der Waals surface area contributed by atoms with E-state index in [0.717, 1.165) is 16.4 Å². The number of carbonyl (C=O) groups excluding carboxylic acids is 2. The Balaban J connectivity index is 1.42. The predicted octanol–water partition coefficient (Wildman–Crippen LogP) is 7.06. The number of carbonyl (C=O) groups is 2. The number of benzene rings is 2. The molecule has 0 saturated carbocycles. The van der Waals surface area contributed by atoms with Crippen molar-refractivity contribution >= 4 is 52.4 Å². The molecular formula is C27H27Cl2F3N2O6S. The summed E-state index contributed by atoms with van der Waals surface area (Å²) in [7, 11) is 0. The molecule has 1 amide bonds. The second-order valence-corrected chi connectivity index (χ2v) is 12.7. The number of aryl methyl sites for hydroxylation is 1. The highest BCUT2D eigenvalue weighted by atomic mass is 35.5. The normalized spacial score (nSPS) is 22.9. The summed E-state index contributed by atoms with van der Waals surface area (Å²) < 4.78 is 66.6. The molecule has 8 nitrogen and oxygen atoms in total. The first-order valence-electron chi connectivity index (χ1n) is 12.5. The fraction of sp³-hybridized carbons (Fsp3) is 0.444. The predicted molar refractivity (Wildman–Crippen MR) is 147 cm³/mol. The van der Waals surface area contributed by atoms with E-state index < -0.39 is 47.6 Å². The molecule has 2 aliphatic rings. The number of alkyl halides is 3. The van der Waals surface area contributed by atoms with Gasteiger partial charge in [0.25, 0.3) is 17.2 Å². The fourth-order valence-electron chi connectivity index (χ4n) is 4.46. The van der Waals surface area contributed by atoms with Gasteiger partial charge in [0.1, 0.15) is 18.2 Å². The summed E-state index contributed by atoms with van der Waals surface area (Å²) in [5.41, 5.74) is -2.52. The van der Waals surface area contributed by atoms with Crippen molar-refractivity contribution in [3.8, 4) is 0 Å². The Morgan fingerprint density at radius 2 is 1.83 bits per heavy atom. The highest BCUT2D eigenvalue weighted by molar-refractivity contribution is 7.85. The van der Waals surface area contributed by atoms with Gasteiger partial charge in [0.15, 0.2) is 5.78 Å². The van der Waals surface area contributed by atoms with Gasteiger partial charge in [0.2, 0.25) is 0 Å². The Kier molecular flexibility index (Phi) is 8.92. The number of nitrogens with zero attached hydrogens (tertiary/aromatic N) is 2. The third kappa shape index (κ3) is 6.94. The van der Waals surface area contributed by atoms with Gasteiger partial charge >= 0.3 is 12.3 Å². The van der Waals surface area contributed by atoms with Gasteiger partial charge in [-0.3, -0.25) is 4.79 Å². The molecule has 2 aromatic carbocycles. The van der Waals surface area contributed by atoms with E-state index in [1.54, 1.807) is 33.8 Å². The molecule has 222 valence electrons. The fourth-order valence-corrected chi connectivity index (χ4v) is 5.93. The van der Waals surface area contributed by atoms with Crippen LogP contribution in [0, 0.1) is 6.92 Å². The number of Topliss-reactive ketones (excluding diaryl/α,β-unsaturated/α-hetero) is 1. The summed E-state index contributed by atoms with van der Waals surface area (Å²) in [6.45, 7) is 6.71. The summed E-state index contributed by atoms with van der Waals surface area (Å²) in [6.07, 6.45) is -6.63. The van der Waals surface area contributed by atoms with Gasteiger partial charge < -0.3 is 14.1 Å². The van der Waals surface area contributed by atoms with Gasteiger partial charge in [-0.25, -0.2) is 4.79 Å². The lowest BCUT2D eigenvalue weighted by molar-refractivity contribution is -0.275. The van der Waals surface area contributed by atoms with E-state index in [-0.39, 0.29) is 46.5 Å². The first-order chi connectivity index (χ1) is 19.0. The van der Waals surface area contributed by atoms with Crippen molar-refractivity contribution in [2.75, 3.05) is 6.54 Å². The Morgan fingerprint density at radius 3 is 2.41 bits per heavy atom. The first-order valence-corrected chi connectivity index (χ1v) is 14.3. The largest absolute Gasteiger partial charge is 0.560 e. The molecule has 0 aromatic heterocycles. The SMILES string of the molecule is Cc1cc(C2=NOC(c3cc(Cl)cc(Cl)c3)(C(F)(F)F)C2)ccc1C(=O)CCC1CN(C(=O)OC(C)(C)C)[S+]([O-])O1. The van der Waals surface area contributed by atoms with Crippen molar-refractivity contribution in [1.29, 1.82) is 0 Å². The molecule has 1 fully saturated rings. The van der Waals surface area contributed by atoms with Crippen LogP contribution >= 0.6 is 23.2 Å². The number of hydrogen-bond donors (Lipinski definition) is 0. The number of halogens is 5. The van der Waals surface area contributed by atoms with E-state index in [0.29, 0.717) is 16.7 Å². The molecule has 0 N–H and O–H groups in total. The molecule has 14 heteroatoms. The average Bonchev–Trinajstić information content (AvgIpc) is 3.46. The lowest BCUT2D eigenvalue weighted by atomic mass is 9.86. The van der Waals surface area contributed by atoms with Crippen LogP contribution in [0.5, 0.6) is 0 Å². The van der Waals surface area contributed by atoms with Gasteiger partial charge in [-0.05, 0) is 69.5 Å². The molecule has 41 heavy (non-hydrogen) atoms. The van der Waals surface area contributed by atoms with E-state index in [9.17, 15) is 27.3 Å². The molecule has 0 spiro atoms. The van der Waals surface area contributed by atoms with E-state index in [4.69, 9.17) is 37.0 Å². The molecule has 0 radical (unpaired) electrons. The third-order valence-corrected chi connectivity index (χ3v) is 7.96. The van der Waals surface area contributed by atoms with Crippen molar-refractivity contribution in [2.45, 2.75) is 70.4 Å². The maximum atomic E-state index is 14.3. The van der Waals surface area contributed by atoms with Gasteiger partial charge in [0.05, 0.1) is 5.71 Å². The Labute approximate surface area is 248 Å². The molecule has 1 saturated heterocycles. The van der Waals surface area contributed by atoms with Crippen LogP contribution in [0.1, 0.15) is 67.1 Å². The van der Waals surface area contributed by atoms with E-state index >= 15 is 0 Å². The third-order valence-electron chi connectivity index (χ3n) is 6.43. The summed E-state index contributed by atoms with van der Waals surface area (Å²) >= 11 is 9.89. The zero-order chi connectivity index (χ0) is 30.3. The summed E-state index contributed by atoms with van der Waals surface area (Å²) in [6, 6.07) is 8.19. The quantitative estimate of drug-likeness (QED) is 0.249. The van der Waals surface area contributed by atoms with E-state index in [2.05, 4.69) is 5.16 Å². The number of ketones is 1. The Hall–Kier alpha value is -2.51. The zero-order valence-corrected chi connectivity index (χ0v) is 24.8. The molecule has 0 aliphatic carbocycles. The van der Waals surface area contributed by atoms with Crippen molar-refractivity contribution in [1.82, 2.24) is 4.31 Å². The number of hydrogen-bond acceptors (Lipinski definition) is 7. The van der Waals surface area contributed by atoms with Gasteiger partial charge in [-0.15, -0.1) is 4.18 Å². The molecule has 3 atom stereocenters. The molecule has 2 aliphatic heterocycles. The first kappa shape index (κ1) is 31.4. The van der Waals surface area contributed by atoms with Crippen molar-refractivity contribution in [3.63, 3.8) is 0 Å². The smallest absolute Gasteiger partial charge is 0.454 e. The Morgan fingerprint density at radius 1 is 1.17 bits per heavy atom. The summed E-state index contributed by atoms with van der Waals surface area (Å²) in [4.78, 5) is 30.2. The van der Waals surface area contributed by atoms with Crippen LogP contribution in [0.25, 0.3) is 0 Å². The summed E-state index contributed by atoms with van der Waals surface area (Å²) in [5.74, 6) is -0.248. The molecule has 4 rings (SSSR count). The van der Waals surface area contributed by atoms with Gasteiger partial charge in [-0.2, -0.15) is 13.2 Å². The highest BCUT2D eigenvalue weighted by Crippen LogP contribution is 2.49. The number of rotatable bonds is 6. The molecular weight excluding hydrogens is 608 g/mol. The van der Waals surface area contributed by atoms with Gasteiger partial charge in [0, 0.05) is 34.0 Å². The number of oxime groups is 1. The minimum absolute atomic E-state index is 0.00530. The van der Waals surface area contributed by atoms with Crippen molar-refractivity contribution in [3.05, 3.63) is 68.7 Å². The number of amides is 1. The zero-order valence-electron chi connectivity index (χ0n) is 22.5. The van der Waals surface area contributed by atoms with E-state index in [1.165, 1.54) is 18.2 Å². The maximum Gasteiger partial charge on any atom is 0.454 e. The molecule has 0 bridgehead atoms. The monoisotopic (exact) mass is 634 g/mol. The van der Waals surface area contributed by atoms with Crippen LogP contribution in [0.4, 0.5) is 18.0 Å². The van der Waals surface area contributed by atoms with Crippen LogP contribution in [-0.2, 0) is 31.0 Å². The second-order valence-electron chi connectivity index (χ2n) is 10.8. The molecule has 3 unspecified atom stereocenters. The highest BCUT2D eigenvalue weighted by Gasteiger charge is 2.62. The van der Waals surface area contributed by atoms with Crippen LogP contribution in [0.3, 0.4) is 0 Å². The van der Waals surface area contributed by atoms with Crippen molar-refractivity contribution < 1.29 is 41.1 Å². The topological polar surface area (TPSA) is 100 Å². The standard InChI is InChI=1S/C27H27Cl2F3N2O6S/c1-15-9-16(22-13-26(40-33-22,27(30,31)32)17-10-18(28)12-19(29)11-17)5-7-21(15)23(35)8-6-20-14-34(41(37)39-20)24(36)38-25(2,3)4/h5,7,9-12,20H,6,8,13-14H2,1-4H3. The summed E-state index contributed by atoms with van der Waals surface area (Å²) in [5, 5.41) is 3.81. The van der Waals surface area contributed by atoms with Crippen LogP contribution in [0.15, 0.2) is 41.6 Å². The van der Waals surface area contributed by atoms with Crippen LogP contribution < -0.4 is 0 Å².